The molecule has 1 fully saturated rings. The minimum Gasteiger partial charge on any atom is -0.406 e. The second-order valence-electron chi connectivity index (χ2n) is 5.67. The van der Waals surface area contributed by atoms with Crippen LogP contribution in [0.15, 0.2) is 36.9 Å². The van der Waals surface area contributed by atoms with Gasteiger partial charge in [0.1, 0.15) is 24.0 Å². The largest absolute Gasteiger partial charge is 0.573 e. The van der Waals surface area contributed by atoms with Crippen LogP contribution in [0, 0.1) is 5.92 Å². The molecule has 23 heavy (non-hydrogen) atoms. The Morgan fingerprint density at radius 2 is 1.96 bits per heavy atom. The molecule has 1 aliphatic heterocycles. The number of alkyl halides is 3. The number of benzene rings is 1. The maximum Gasteiger partial charge on any atom is 0.573 e. The fourth-order valence-electron chi connectivity index (χ4n) is 2.95. The van der Waals surface area contributed by atoms with Crippen LogP contribution in [0.25, 0.3) is 0 Å². The molecular formula is C15H16F3N3O2. The highest BCUT2D eigenvalue weighted by molar-refractivity contribution is 5.33. The van der Waals surface area contributed by atoms with Crippen LogP contribution in [0.3, 0.4) is 0 Å². The number of rotatable bonds is 4. The zero-order valence-electron chi connectivity index (χ0n) is 12.6. The van der Waals surface area contributed by atoms with Gasteiger partial charge in [-0.25, -0.2) is 9.67 Å². The monoisotopic (exact) mass is 327 g/mol. The van der Waals surface area contributed by atoms with E-state index in [0.29, 0.717) is 6.54 Å². The van der Waals surface area contributed by atoms with E-state index in [-0.39, 0.29) is 17.8 Å². The van der Waals surface area contributed by atoms with Crippen LogP contribution in [-0.4, -0.2) is 27.2 Å². The zero-order chi connectivity index (χ0) is 16.7. The Bertz CT molecular complexity index is 658. The lowest BCUT2D eigenvalue weighted by molar-refractivity contribution is -0.274. The van der Waals surface area contributed by atoms with Crippen LogP contribution >= 0.6 is 0 Å². The van der Waals surface area contributed by atoms with Crippen LogP contribution in [0.1, 0.15) is 19.4 Å². The molecule has 5 nitrogen and oxygen atoms in total. The molecule has 0 bridgehead atoms. The van der Waals surface area contributed by atoms with Crippen LogP contribution < -0.4 is 4.74 Å². The smallest absolute Gasteiger partial charge is 0.406 e. The Balaban J connectivity index is 1.86. The number of hydrogen-bond donors (Lipinski definition) is 0. The van der Waals surface area contributed by atoms with Crippen molar-refractivity contribution < 1.29 is 22.6 Å². The number of ether oxygens (including phenoxy) is 2. The molecule has 3 atom stereocenters. The standard InChI is InChI=1S/C15H16F3N3O2/c1-10-11(2)22-14(10,7-21-9-19-8-20-21)12-3-5-13(6-4-12)23-15(16,17)18/h3-6,8-11H,7H2,1-2H3. The average molecular weight is 327 g/mol. The van der Waals surface area contributed by atoms with E-state index in [4.69, 9.17) is 4.74 Å². The summed E-state index contributed by atoms with van der Waals surface area (Å²) in [4.78, 5) is 3.91. The predicted molar refractivity (Wildman–Crippen MR) is 74.5 cm³/mol. The Kier molecular flexibility index (Phi) is 3.79. The predicted octanol–water partition coefficient (Wildman–Crippen LogP) is 3.13. The quantitative estimate of drug-likeness (QED) is 0.866. The van der Waals surface area contributed by atoms with Crippen molar-refractivity contribution in [1.82, 2.24) is 14.8 Å². The van der Waals surface area contributed by atoms with Gasteiger partial charge in [0.05, 0.1) is 12.6 Å². The van der Waals surface area contributed by atoms with Gasteiger partial charge in [-0.2, -0.15) is 5.10 Å². The summed E-state index contributed by atoms with van der Waals surface area (Å²) in [6, 6.07) is 5.79. The summed E-state index contributed by atoms with van der Waals surface area (Å²) < 4.78 is 48.3. The molecule has 8 heteroatoms. The van der Waals surface area contributed by atoms with Gasteiger partial charge in [0.2, 0.25) is 0 Å². The first-order valence-corrected chi connectivity index (χ1v) is 7.17. The molecule has 0 radical (unpaired) electrons. The Morgan fingerprint density at radius 1 is 1.26 bits per heavy atom. The maximum atomic E-state index is 12.3. The zero-order valence-corrected chi connectivity index (χ0v) is 12.6. The van der Waals surface area contributed by atoms with E-state index < -0.39 is 12.0 Å². The normalized spacial score (nSPS) is 27.5. The molecule has 0 saturated carbocycles. The summed E-state index contributed by atoms with van der Waals surface area (Å²) in [5.41, 5.74) is 0.150. The second-order valence-corrected chi connectivity index (χ2v) is 5.67. The van der Waals surface area contributed by atoms with Crippen molar-refractivity contribution in [3.63, 3.8) is 0 Å². The minimum atomic E-state index is -4.70. The topological polar surface area (TPSA) is 49.2 Å². The third-order valence-corrected chi connectivity index (χ3v) is 4.28. The van der Waals surface area contributed by atoms with Gasteiger partial charge < -0.3 is 9.47 Å². The molecule has 0 aliphatic carbocycles. The van der Waals surface area contributed by atoms with E-state index >= 15 is 0 Å². The third-order valence-electron chi connectivity index (χ3n) is 4.28. The highest BCUT2D eigenvalue weighted by Crippen LogP contribution is 2.48. The first-order chi connectivity index (χ1) is 10.8. The molecule has 0 spiro atoms. The van der Waals surface area contributed by atoms with Crippen LogP contribution in [0.5, 0.6) is 5.75 Å². The van der Waals surface area contributed by atoms with E-state index in [0.717, 1.165) is 5.56 Å². The molecule has 2 aromatic rings. The Hall–Kier alpha value is -2.09. The lowest BCUT2D eigenvalue weighted by Gasteiger charge is -2.53. The second kappa shape index (κ2) is 5.52. The minimum absolute atomic E-state index is 0.0598. The molecular weight excluding hydrogens is 311 g/mol. The number of aromatic nitrogens is 3. The van der Waals surface area contributed by atoms with Crippen molar-refractivity contribution in [3.05, 3.63) is 42.5 Å². The van der Waals surface area contributed by atoms with Gasteiger partial charge in [0.15, 0.2) is 0 Å². The van der Waals surface area contributed by atoms with Crippen molar-refractivity contribution in [2.75, 3.05) is 0 Å². The van der Waals surface area contributed by atoms with Crippen molar-refractivity contribution in [1.29, 1.82) is 0 Å². The van der Waals surface area contributed by atoms with Crippen LogP contribution in [-0.2, 0) is 16.9 Å². The molecule has 0 N–H and O–H groups in total. The molecule has 1 aliphatic rings. The van der Waals surface area contributed by atoms with E-state index in [9.17, 15) is 13.2 Å². The summed E-state index contributed by atoms with van der Waals surface area (Å²) in [5, 5.41) is 4.09. The maximum absolute atomic E-state index is 12.3. The van der Waals surface area contributed by atoms with Crippen LogP contribution in [0.4, 0.5) is 13.2 Å². The fraction of sp³-hybridized carbons (Fsp3) is 0.467. The third kappa shape index (κ3) is 3.03. The molecule has 0 amide bonds. The van der Waals surface area contributed by atoms with Crippen molar-refractivity contribution >= 4 is 0 Å². The first kappa shape index (κ1) is 15.8. The molecule has 1 saturated heterocycles. The van der Waals surface area contributed by atoms with Gasteiger partial charge in [-0.3, -0.25) is 0 Å². The van der Waals surface area contributed by atoms with Gasteiger partial charge >= 0.3 is 6.36 Å². The summed E-state index contributed by atoms with van der Waals surface area (Å²) in [6.45, 7) is 4.45. The van der Waals surface area contributed by atoms with Gasteiger partial charge in [-0.05, 0) is 24.6 Å². The molecule has 1 aromatic carbocycles. The highest BCUT2D eigenvalue weighted by Gasteiger charge is 2.52. The van der Waals surface area contributed by atoms with Gasteiger partial charge in [0.25, 0.3) is 0 Å². The van der Waals surface area contributed by atoms with E-state index in [2.05, 4.69) is 14.8 Å². The number of halogens is 3. The van der Waals surface area contributed by atoms with E-state index in [1.165, 1.54) is 18.5 Å². The highest BCUT2D eigenvalue weighted by atomic mass is 19.4. The summed E-state index contributed by atoms with van der Waals surface area (Å²) >= 11 is 0. The summed E-state index contributed by atoms with van der Waals surface area (Å²) in [5.74, 6) is -0.0711. The lowest BCUT2D eigenvalue weighted by atomic mass is 9.74. The van der Waals surface area contributed by atoms with Gasteiger partial charge in [-0.1, -0.05) is 19.1 Å². The number of hydrogen-bond acceptors (Lipinski definition) is 4. The van der Waals surface area contributed by atoms with E-state index in [1.807, 2.05) is 13.8 Å². The molecule has 2 heterocycles. The van der Waals surface area contributed by atoms with Crippen molar-refractivity contribution in [2.45, 2.75) is 38.5 Å². The summed E-state index contributed by atoms with van der Waals surface area (Å²) in [6.07, 6.45) is -1.62. The lowest BCUT2D eigenvalue weighted by Crippen LogP contribution is -2.57. The first-order valence-electron chi connectivity index (χ1n) is 7.17. The Labute approximate surface area is 131 Å². The average Bonchev–Trinajstić information content (AvgIpc) is 2.98. The Morgan fingerprint density at radius 3 is 2.43 bits per heavy atom. The molecule has 124 valence electrons. The molecule has 3 rings (SSSR count). The van der Waals surface area contributed by atoms with Crippen molar-refractivity contribution in [2.24, 2.45) is 5.92 Å². The van der Waals surface area contributed by atoms with E-state index in [1.54, 1.807) is 23.1 Å². The molecule has 1 aromatic heterocycles. The van der Waals surface area contributed by atoms with Gasteiger partial charge in [0, 0.05) is 5.92 Å². The van der Waals surface area contributed by atoms with Gasteiger partial charge in [-0.15, -0.1) is 13.2 Å². The molecule has 3 unspecified atom stereocenters. The fourth-order valence-corrected chi connectivity index (χ4v) is 2.95. The summed E-state index contributed by atoms with van der Waals surface area (Å²) in [7, 11) is 0. The SMILES string of the molecule is CC1OC(Cn2cncn2)(c2ccc(OC(F)(F)F)cc2)C1C. The van der Waals surface area contributed by atoms with Crippen LogP contribution in [0.2, 0.25) is 0 Å². The van der Waals surface area contributed by atoms with Crippen molar-refractivity contribution in [3.8, 4) is 5.75 Å². The number of nitrogens with zero attached hydrogens (tertiary/aromatic N) is 3.